The summed E-state index contributed by atoms with van der Waals surface area (Å²) in [6.45, 7) is 5.53. The molecule has 1 saturated heterocycles. The van der Waals surface area contributed by atoms with Crippen LogP contribution in [-0.2, 0) is 6.54 Å². The molecule has 0 aromatic heterocycles. The van der Waals surface area contributed by atoms with Crippen LogP contribution >= 0.6 is 0 Å². The molecule has 1 heterocycles. The summed E-state index contributed by atoms with van der Waals surface area (Å²) >= 11 is 0. The van der Waals surface area contributed by atoms with Crippen LogP contribution in [0.2, 0.25) is 0 Å². The number of rotatable bonds is 4. The van der Waals surface area contributed by atoms with E-state index in [1.807, 2.05) is 12.1 Å². The van der Waals surface area contributed by atoms with Gasteiger partial charge in [0.1, 0.15) is 0 Å². The second kappa shape index (κ2) is 7.25. The number of benzene rings is 1. The zero-order valence-corrected chi connectivity index (χ0v) is 13.2. The lowest BCUT2D eigenvalue weighted by atomic mass is 9.94. The molecule has 1 N–H and O–H groups in total. The smallest absolute Gasteiger partial charge is 0.335 e. The predicted molar refractivity (Wildman–Crippen MR) is 87.1 cm³/mol. The Morgan fingerprint density at radius 3 is 2.23 bits per heavy atom. The molecule has 1 aromatic rings. The highest BCUT2D eigenvalue weighted by molar-refractivity contribution is 5.87. The lowest BCUT2D eigenvalue weighted by Crippen LogP contribution is -2.50. The lowest BCUT2D eigenvalue weighted by Gasteiger charge is -2.40. The van der Waals surface area contributed by atoms with Gasteiger partial charge in [0, 0.05) is 38.8 Å². The van der Waals surface area contributed by atoms with Gasteiger partial charge in [0.2, 0.25) is 0 Å². The first-order chi connectivity index (χ1) is 10.7. The van der Waals surface area contributed by atoms with Crippen LogP contribution in [0.15, 0.2) is 24.3 Å². The number of carboxylic acids is 1. The summed E-state index contributed by atoms with van der Waals surface area (Å²) in [6, 6.07) is 8.12. The molecule has 4 nitrogen and oxygen atoms in total. The molecule has 1 saturated carbocycles. The van der Waals surface area contributed by atoms with Crippen LogP contribution in [0.3, 0.4) is 0 Å². The highest BCUT2D eigenvalue weighted by Crippen LogP contribution is 2.23. The Morgan fingerprint density at radius 1 is 1.00 bits per heavy atom. The van der Waals surface area contributed by atoms with Crippen molar-refractivity contribution in [1.29, 1.82) is 0 Å². The van der Waals surface area contributed by atoms with Gasteiger partial charge in [0.05, 0.1) is 5.56 Å². The summed E-state index contributed by atoms with van der Waals surface area (Å²) in [7, 11) is 0. The third kappa shape index (κ3) is 3.87. The minimum Gasteiger partial charge on any atom is -0.478 e. The summed E-state index contributed by atoms with van der Waals surface area (Å²) < 4.78 is 0. The van der Waals surface area contributed by atoms with Crippen LogP contribution in [0, 0.1) is 0 Å². The molecule has 3 rings (SSSR count). The van der Waals surface area contributed by atoms with E-state index in [0.29, 0.717) is 5.56 Å². The van der Waals surface area contributed by atoms with Gasteiger partial charge >= 0.3 is 5.97 Å². The molecule has 22 heavy (non-hydrogen) atoms. The van der Waals surface area contributed by atoms with Crippen LogP contribution in [0.5, 0.6) is 0 Å². The molecule has 0 unspecified atom stereocenters. The molecular weight excluding hydrogens is 276 g/mol. The van der Waals surface area contributed by atoms with E-state index in [2.05, 4.69) is 9.80 Å². The SMILES string of the molecule is O=C(O)c1ccc(CN2CCN(C3CCCCC3)CC2)cc1. The van der Waals surface area contributed by atoms with Crippen molar-refractivity contribution in [3.63, 3.8) is 0 Å². The van der Waals surface area contributed by atoms with E-state index in [0.717, 1.165) is 25.7 Å². The third-order valence-electron chi connectivity index (χ3n) is 5.11. The van der Waals surface area contributed by atoms with Crippen molar-refractivity contribution in [2.45, 2.75) is 44.7 Å². The third-order valence-corrected chi connectivity index (χ3v) is 5.11. The Bertz CT molecular complexity index is 486. The second-order valence-electron chi connectivity index (χ2n) is 6.61. The summed E-state index contributed by atoms with van der Waals surface area (Å²) in [6.07, 6.45) is 7.00. The number of hydrogen-bond donors (Lipinski definition) is 1. The van der Waals surface area contributed by atoms with E-state index in [1.54, 1.807) is 12.1 Å². The first-order valence-electron chi connectivity index (χ1n) is 8.51. The Kier molecular flexibility index (Phi) is 5.11. The molecule has 1 aromatic carbocycles. The van der Waals surface area contributed by atoms with Crippen LogP contribution in [0.1, 0.15) is 48.0 Å². The molecule has 2 aliphatic rings. The molecule has 4 heteroatoms. The van der Waals surface area contributed by atoms with Gasteiger partial charge in [-0.05, 0) is 30.5 Å². The van der Waals surface area contributed by atoms with Crippen LogP contribution < -0.4 is 0 Å². The van der Waals surface area contributed by atoms with Crippen LogP contribution in [-0.4, -0.2) is 53.1 Å². The molecule has 0 bridgehead atoms. The van der Waals surface area contributed by atoms with Crippen molar-refractivity contribution in [3.05, 3.63) is 35.4 Å². The predicted octanol–water partition coefficient (Wildman–Crippen LogP) is 2.84. The van der Waals surface area contributed by atoms with Crippen molar-refractivity contribution in [3.8, 4) is 0 Å². The fraction of sp³-hybridized carbons (Fsp3) is 0.611. The van der Waals surface area contributed by atoms with Crippen molar-refractivity contribution in [1.82, 2.24) is 9.80 Å². The van der Waals surface area contributed by atoms with E-state index in [1.165, 1.54) is 50.8 Å². The van der Waals surface area contributed by atoms with E-state index >= 15 is 0 Å². The Hall–Kier alpha value is -1.39. The highest BCUT2D eigenvalue weighted by Gasteiger charge is 2.24. The molecule has 0 radical (unpaired) electrons. The second-order valence-corrected chi connectivity index (χ2v) is 6.61. The monoisotopic (exact) mass is 302 g/mol. The van der Waals surface area contributed by atoms with Gasteiger partial charge in [-0.1, -0.05) is 31.4 Å². The van der Waals surface area contributed by atoms with E-state index in [4.69, 9.17) is 5.11 Å². The van der Waals surface area contributed by atoms with Crippen molar-refractivity contribution in [2.24, 2.45) is 0 Å². The standard InChI is InChI=1S/C18H26N2O2/c21-18(22)16-8-6-15(7-9-16)14-19-10-12-20(13-11-19)17-4-2-1-3-5-17/h6-9,17H,1-5,10-14H2,(H,21,22). The topological polar surface area (TPSA) is 43.8 Å². The largest absolute Gasteiger partial charge is 0.478 e. The summed E-state index contributed by atoms with van der Waals surface area (Å²) in [5, 5.41) is 8.93. The molecule has 2 fully saturated rings. The van der Waals surface area contributed by atoms with Crippen LogP contribution in [0.4, 0.5) is 0 Å². The van der Waals surface area contributed by atoms with Gasteiger partial charge in [0.25, 0.3) is 0 Å². The molecule has 120 valence electrons. The molecule has 1 aliphatic heterocycles. The van der Waals surface area contributed by atoms with E-state index in [-0.39, 0.29) is 0 Å². The fourth-order valence-corrected chi connectivity index (χ4v) is 3.74. The number of nitrogens with zero attached hydrogens (tertiary/aromatic N) is 2. The number of aromatic carboxylic acids is 1. The minimum atomic E-state index is -0.854. The first kappa shape index (κ1) is 15.5. The fourth-order valence-electron chi connectivity index (χ4n) is 3.74. The Labute approximate surface area is 132 Å². The molecule has 0 atom stereocenters. The van der Waals surface area contributed by atoms with Gasteiger partial charge in [-0.2, -0.15) is 0 Å². The first-order valence-corrected chi connectivity index (χ1v) is 8.51. The minimum absolute atomic E-state index is 0.367. The normalized spacial score (nSPS) is 21.8. The van der Waals surface area contributed by atoms with Crippen molar-refractivity contribution < 1.29 is 9.90 Å². The van der Waals surface area contributed by atoms with Gasteiger partial charge in [-0.25, -0.2) is 4.79 Å². The zero-order valence-electron chi connectivity index (χ0n) is 13.2. The van der Waals surface area contributed by atoms with Gasteiger partial charge < -0.3 is 5.11 Å². The molecule has 0 spiro atoms. The maximum absolute atomic E-state index is 10.9. The van der Waals surface area contributed by atoms with Crippen molar-refractivity contribution in [2.75, 3.05) is 26.2 Å². The lowest BCUT2D eigenvalue weighted by molar-refractivity contribution is 0.0696. The average Bonchev–Trinajstić information content (AvgIpc) is 2.57. The number of carboxylic acid groups (broad SMARTS) is 1. The zero-order chi connectivity index (χ0) is 15.4. The molecule has 0 amide bonds. The average molecular weight is 302 g/mol. The summed E-state index contributed by atoms with van der Waals surface area (Å²) in [5.74, 6) is -0.854. The number of hydrogen-bond acceptors (Lipinski definition) is 3. The Morgan fingerprint density at radius 2 is 1.64 bits per heavy atom. The van der Waals surface area contributed by atoms with Crippen LogP contribution in [0.25, 0.3) is 0 Å². The van der Waals surface area contributed by atoms with E-state index < -0.39 is 5.97 Å². The summed E-state index contributed by atoms with van der Waals surface area (Å²) in [4.78, 5) is 16.0. The quantitative estimate of drug-likeness (QED) is 0.929. The number of piperazine rings is 1. The number of carbonyl (C=O) groups is 1. The summed E-state index contributed by atoms with van der Waals surface area (Å²) in [5.41, 5.74) is 1.57. The van der Waals surface area contributed by atoms with Gasteiger partial charge in [0.15, 0.2) is 0 Å². The maximum Gasteiger partial charge on any atom is 0.335 e. The molecular formula is C18H26N2O2. The van der Waals surface area contributed by atoms with Gasteiger partial charge in [-0.3, -0.25) is 9.80 Å². The highest BCUT2D eigenvalue weighted by atomic mass is 16.4. The van der Waals surface area contributed by atoms with Crippen molar-refractivity contribution >= 4 is 5.97 Å². The maximum atomic E-state index is 10.9. The van der Waals surface area contributed by atoms with E-state index in [9.17, 15) is 4.79 Å². The Balaban J connectivity index is 1.48. The van der Waals surface area contributed by atoms with Gasteiger partial charge in [-0.15, -0.1) is 0 Å². The molecule has 1 aliphatic carbocycles.